The summed E-state index contributed by atoms with van der Waals surface area (Å²) >= 11 is 12.6. The summed E-state index contributed by atoms with van der Waals surface area (Å²) in [5.41, 5.74) is 1.30. The second-order valence-electron chi connectivity index (χ2n) is 8.19. The predicted octanol–water partition coefficient (Wildman–Crippen LogP) is 4.52. The van der Waals surface area contributed by atoms with Crippen molar-refractivity contribution in [1.82, 2.24) is 9.21 Å². The fourth-order valence-corrected chi connectivity index (χ4v) is 6.57. The number of para-hydroxylation sites is 1. The van der Waals surface area contributed by atoms with E-state index in [9.17, 15) is 13.2 Å². The first-order valence-electron chi connectivity index (χ1n) is 11.0. The van der Waals surface area contributed by atoms with Gasteiger partial charge in [-0.3, -0.25) is 4.79 Å². The van der Waals surface area contributed by atoms with Crippen LogP contribution in [0.1, 0.15) is 36.0 Å². The Balaban J connectivity index is 1.50. The number of carbonyl (C=O) groups is 1. The minimum atomic E-state index is -3.74. The molecule has 9 heteroatoms. The molecule has 0 spiro atoms. The van der Waals surface area contributed by atoms with Crippen LogP contribution < -0.4 is 4.90 Å². The lowest BCUT2D eigenvalue weighted by Gasteiger charge is -2.36. The summed E-state index contributed by atoms with van der Waals surface area (Å²) in [5, 5.41) is 0.836. The van der Waals surface area contributed by atoms with E-state index in [0.717, 1.165) is 31.4 Å². The van der Waals surface area contributed by atoms with Gasteiger partial charge in [-0.1, -0.05) is 48.2 Å². The Morgan fingerprint density at radius 1 is 0.781 bits per heavy atom. The molecule has 2 fully saturated rings. The fourth-order valence-electron chi connectivity index (χ4n) is 4.30. The molecule has 2 saturated heterocycles. The third-order valence-corrected chi connectivity index (χ3v) is 8.82. The molecule has 0 radical (unpaired) electrons. The van der Waals surface area contributed by atoms with Crippen molar-refractivity contribution in [2.75, 3.05) is 44.2 Å². The number of piperazine rings is 1. The Labute approximate surface area is 199 Å². The first-order valence-corrected chi connectivity index (χ1v) is 13.2. The van der Waals surface area contributed by atoms with Gasteiger partial charge in [0.05, 0.1) is 15.7 Å². The number of sulfonamides is 1. The van der Waals surface area contributed by atoms with E-state index in [4.69, 9.17) is 23.2 Å². The van der Waals surface area contributed by atoms with Gasteiger partial charge in [0.2, 0.25) is 10.0 Å². The van der Waals surface area contributed by atoms with Crippen LogP contribution in [0.4, 0.5) is 5.69 Å². The highest BCUT2D eigenvalue weighted by Crippen LogP contribution is 2.29. The van der Waals surface area contributed by atoms with Gasteiger partial charge in [0.25, 0.3) is 5.91 Å². The lowest BCUT2D eigenvalue weighted by atomic mass is 10.1. The first-order chi connectivity index (χ1) is 15.4. The molecule has 32 heavy (non-hydrogen) atoms. The van der Waals surface area contributed by atoms with Gasteiger partial charge in [-0.15, -0.1) is 0 Å². The highest BCUT2D eigenvalue weighted by molar-refractivity contribution is 7.89. The van der Waals surface area contributed by atoms with Crippen molar-refractivity contribution < 1.29 is 13.2 Å². The maximum Gasteiger partial charge on any atom is 0.254 e. The van der Waals surface area contributed by atoms with E-state index < -0.39 is 10.0 Å². The molecule has 6 nitrogen and oxygen atoms in total. The number of hydrogen-bond donors (Lipinski definition) is 0. The first kappa shape index (κ1) is 23.4. The monoisotopic (exact) mass is 495 g/mol. The highest BCUT2D eigenvalue weighted by Gasteiger charge is 2.29. The molecule has 0 aliphatic carbocycles. The summed E-state index contributed by atoms with van der Waals surface area (Å²) in [6.45, 7) is 3.34. The van der Waals surface area contributed by atoms with Crippen LogP contribution in [-0.4, -0.2) is 62.8 Å². The van der Waals surface area contributed by atoms with Crippen LogP contribution in [0.25, 0.3) is 0 Å². The summed E-state index contributed by atoms with van der Waals surface area (Å²) in [4.78, 5) is 17.1. The van der Waals surface area contributed by atoms with Gasteiger partial charge in [-0.25, -0.2) is 8.42 Å². The number of halogens is 2. The normalized spacial score (nSPS) is 18.4. The standard InChI is InChI=1S/C23H27Cl2N3O3S/c24-19-7-3-4-8-21(19)26-13-15-27(16-14-26)23(29)18-9-10-20(25)22(17-18)32(30,31)28-11-5-1-2-6-12-28/h3-4,7-10,17H,1-2,5-6,11-16H2. The predicted molar refractivity (Wildman–Crippen MR) is 128 cm³/mol. The van der Waals surface area contributed by atoms with E-state index in [1.165, 1.54) is 16.4 Å². The molecule has 1 amide bonds. The van der Waals surface area contributed by atoms with Gasteiger partial charge in [-0.2, -0.15) is 4.31 Å². The molecule has 0 bridgehead atoms. The number of anilines is 1. The third kappa shape index (κ3) is 4.91. The quantitative estimate of drug-likeness (QED) is 0.625. The van der Waals surface area contributed by atoms with Crippen molar-refractivity contribution in [3.05, 3.63) is 58.1 Å². The van der Waals surface area contributed by atoms with Gasteiger partial charge in [-0.05, 0) is 43.2 Å². The Bertz CT molecular complexity index is 1080. The van der Waals surface area contributed by atoms with E-state index >= 15 is 0 Å². The molecule has 172 valence electrons. The molecular formula is C23H27Cl2N3O3S. The van der Waals surface area contributed by atoms with Crippen molar-refractivity contribution in [2.24, 2.45) is 0 Å². The zero-order valence-electron chi connectivity index (χ0n) is 17.8. The van der Waals surface area contributed by atoms with Crippen molar-refractivity contribution in [2.45, 2.75) is 30.6 Å². The smallest absolute Gasteiger partial charge is 0.254 e. The van der Waals surface area contributed by atoms with Crippen LogP contribution in [0.15, 0.2) is 47.4 Å². The minimum Gasteiger partial charge on any atom is -0.367 e. The minimum absolute atomic E-state index is 0.0154. The van der Waals surface area contributed by atoms with Crippen molar-refractivity contribution in [3.63, 3.8) is 0 Å². The second-order valence-corrected chi connectivity index (χ2v) is 10.9. The average Bonchev–Trinajstić information content (AvgIpc) is 3.10. The van der Waals surface area contributed by atoms with Crippen LogP contribution in [0.3, 0.4) is 0 Å². The molecule has 0 atom stereocenters. The lowest BCUT2D eigenvalue weighted by Crippen LogP contribution is -2.48. The van der Waals surface area contributed by atoms with Crippen molar-refractivity contribution in [3.8, 4) is 0 Å². The Morgan fingerprint density at radius 2 is 1.44 bits per heavy atom. The fraction of sp³-hybridized carbons (Fsp3) is 0.435. The molecule has 2 aliphatic rings. The number of nitrogens with zero attached hydrogens (tertiary/aromatic N) is 3. The molecule has 4 rings (SSSR count). The van der Waals surface area contributed by atoms with E-state index in [1.54, 1.807) is 11.0 Å². The van der Waals surface area contributed by atoms with Gasteiger partial charge in [0.1, 0.15) is 4.90 Å². The molecule has 0 aromatic heterocycles. The topological polar surface area (TPSA) is 60.9 Å². The van der Waals surface area contributed by atoms with Crippen molar-refractivity contribution in [1.29, 1.82) is 0 Å². The number of carbonyl (C=O) groups excluding carboxylic acids is 1. The number of amides is 1. The van der Waals surface area contributed by atoms with Gasteiger partial charge >= 0.3 is 0 Å². The number of rotatable bonds is 4. The van der Waals surface area contributed by atoms with Crippen molar-refractivity contribution >= 4 is 44.8 Å². The Kier molecular flexibility index (Phi) is 7.30. The van der Waals surface area contributed by atoms with E-state index in [-0.39, 0.29) is 15.8 Å². The summed E-state index contributed by atoms with van der Waals surface area (Å²) < 4.78 is 28.0. The maximum atomic E-state index is 13.2. The zero-order valence-corrected chi connectivity index (χ0v) is 20.2. The third-order valence-electron chi connectivity index (χ3n) is 6.12. The summed E-state index contributed by atoms with van der Waals surface area (Å²) in [6.07, 6.45) is 3.73. The van der Waals surface area contributed by atoms with E-state index in [1.807, 2.05) is 24.3 Å². The second kappa shape index (κ2) is 10.00. The maximum absolute atomic E-state index is 13.2. The molecule has 0 N–H and O–H groups in total. The zero-order chi connectivity index (χ0) is 22.7. The summed E-state index contributed by atoms with van der Waals surface area (Å²) in [6, 6.07) is 12.2. The molecule has 0 saturated carbocycles. The van der Waals surface area contributed by atoms with Gasteiger partial charge in [0.15, 0.2) is 0 Å². The van der Waals surface area contributed by atoms with Crippen LogP contribution in [0.2, 0.25) is 10.0 Å². The Morgan fingerprint density at radius 3 is 2.09 bits per heavy atom. The highest BCUT2D eigenvalue weighted by atomic mass is 35.5. The van der Waals surface area contributed by atoms with Crippen LogP contribution >= 0.6 is 23.2 Å². The van der Waals surface area contributed by atoms with Crippen LogP contribution in [0, 0.1) is 0 Å². The van der Waals surface area contributed by atoms with E-state index in [2.05, 4.69) is 4.90 Å². The largest absolute Gasteiger partial charge is 0.367 e. The van der Waals surface area contributed by atoms with Crippen LogP contribution in [-0.2, 0) is 10.0 Å². The SMILES string of the molecule is O=C(c1ccc(Cl)c(S(=O)(=O)N2CCCCCC2)c1)N1CCN(c2ccccc2Cl)CC1. The van der Waals surface area contributed by atoms with E-state index in [0.29, 0.717) is 49.9 Å². The van der Waals surface area contributed by atoms with Gasteiger partial charge in [0, 0.05) is 44.8 Å². The number of hydrogen-bond acceptors (Lipinski definition) is 4. The van der Waals surface area contributed by atoms with Crippen LogP contribution in [0.5, 0.6) is 0 Å². The molecule has 2 aliphatic heterocycles. The molecule has 2 aromatic carbocycles. The molecular weight excluding hydrogens is 469 g/mol. The lowest BCUT2D eigenvalue weighted by molar-refractivity contribution is 0.0746. The summed E-state index contributed by atoms with van der Waals surface area (Å²) in [7, 11) is -3.74. The Hall–Kier alpha value is -1.80. The number of benzene rings is 2. The molecule has 2 heterocycles. The summed E-state index contributed by atoms with van der Waals surface area (Å²) in [5.74, 6) is -0.187. The van der Waals surface area contributed by atoms with Gasteiger partial charge < -0.3 is 9.80 Å². The molecule has 2 aromatic rings. The average molecular weight is 496 g/mol. The molecule has 0 unspecified atom stereocenters.